The van der Waals surface area contributed by atoms with Crippen molar-refractivity contribution < 1.29 is 19.1 Å². The number of para-hydroxylation sites is 2. The molecule has 6 nitrogen and oxygen atoms in total. The van der Waals surface area contributed by atoms with Gasteiger partial charge in [-0.1, -0.05) is 42.0 Å². The Morgan fingerprint density at radius 1 is 1.00 bits per heavy atom. The Morgan fingerprint density at radius 2 is 1.71 bits per heavy atom. The van der Waals surface area contributed by atoms with Gasteiger partial charge >= 0.3 is 0 Å². The second kappa shape index (κ2) is 10.3. The Bertz CT molecular complexity index is 964. The predicted molar refractivity (Wildman–Crippen MR) is 122 cm³/mol. The lowest BCUT2D eigenvalue weighted by Gasteiger charge is -2.16. The number of hydrogen-bond acceptors (Lipinski definition) is 5. The van der Waals surface area contributed by atoms with Gasteiger partial charge in [-0.2, -0.15) is 0 Å². The summed E-state index contributed by atoms with van der Waals surface area (Å²) in [5.74, 6) is -0.00370. The summed E-state index contributed by atoms with van der Waals surface area (Å²) in [6.07, 6.45) is 0.693. The van der Waals surface area contributed by atoms with Crippen LogP contribution in [0.25, 0.3) is 5.57 Å². The highest BCUT2D eigenvalue weighted by atomic mass is 16.5. The molecule has 164 valence electrons. The van der Waals surface area contributed by atoms with Gasteiger partial charge in [0.15, 0.2) is 0 Å². The number of anilines is 1. The van der Waals surface area contributed by atoms with E-state index in [1.54, 1.807) is 0 Å². The van der Waals surface area contributed by atoms with E-state index < -0.39 is 0 Å². The number of imide groups is 1. The Balaban J connectivity index is 1.93. The number of rotatable bonds is 10. The third-order valence-electron chi connectivity index (χ3n) is 4.93. The minimum absolute atomic E-state index is 0.110. The minimum Gasteiger partial charge on any atom is -0.492 e. The van der Waals surface area contributed by atoms with Crippen molar-refractivity contribution in [1.29, 1.82) is 0 Å². The zero-order valence-corrected chi connectivity index (χ0v) is 18.6. The lowest BCUT2D eigenvalue weighted by molar-refractivity contribution is -0.137. The van der Waals surface area contributed by atoms with Gasteiger partial charge < -0.3 is 14.8 Å². The minimum atomic E-state index is -0.337. The van der Waals surface area contributed by atoms with E-state index in [1.165, 1.54) is 4.90 Å². The first kappa shape index (κ1) is 22.6. The molecule has 0 aliphatic carbocycles. The maximum absolute atomic E-state index is 13.3. The Kier molecular flexibility index (Phi) is 7.47. The Morgan fingerprint density at radius 3 is 2.39 bits per heavy atom. The van der Waals surface area contributed by atoms with Crippen molar-refractivity contribution in [2.75, 3.05) is 25.1 Å². The first-order valence-corrected chi connectivity index (χ1v) is 10.7. The van der Waals surface area contributed by atoms with E-state index in [2.05, 4.69) is 5.32 Å². The van der Waals surface area contributed by atoms with Crippen molar-refractivity contribution in [1.82, 2.24) is 4.90 Å². The lowest BCUT2D eigenvalue weighted by Crippen LogP contribution is -2.34. The zero-order valence-electron chi connectivity index (χ0n) is 18.6. The van der Waals surface area contributed by atoms with E-state index in [-0.39, 0.29) is 23.6 Å². The first-order chi connectivity index (χ1) is 14.9. The van der Waals surface area contributed by atoms with Gasteiger partial charge in [0.05, 0.1) is 24.0 Å². The average Bonchev–Trinajstić information content (AvgIpc) is 2.97. The third-order valence-corrected chi connectivity index (χ3v) is 4.93. The maximum Gasteiger partial charge on any atom is 0.278 e. The summed E-state index contributed by atoms with van der Waals surface area (Å²) in [6.45, 7) is 9.10. The summed E-state index contributed by atoms with van der Waals surface area (Å²) in [4.78, 5) is 27.8. The van der Waals surface area contributed by atoms with Crippen LogP contribution in [0, 0.1) is 6.92 Å². The van der Waals surface area contributed by atoms with Crippen LogP contribution >= 0.6 is 0 Å². The van der Waals surface area contributed by atoms with Gasteiger partial charge in [-0.25, -0.2) is 0 Å². The van der Waals surface area contributed by atoms with Crippen LogP contribution in [0.15, 0.2) is 54.2 Å². The van der Waals surface area contributed by atoms with Crippen molar-refractivity contribution in [3.63, 3.8) is 0 Å². The number of nitrogens with one attached hydrogen (secondary N) is 1. The maximum atomic E-state index is 13.3. The smallest absolute Gasteiger partial charge is 0.278 e. The Hall–Kier alpha value is -3.12. The van der Waals surface area contributed by atoms with Crippen molar-refractivity contribution in [3.8, 4) is 5.75 Å². The number of benzene rings is 2. The van der Waals surface area contributed by atoms with Crippen LogP contribution in [0.4, 0.5) is 5.69 Å². The summed E-state index contributed by atoms with van der Waals surface area (Å²) >= 11 is 0. The van der Waals surface area contributed by atoms with Crippen LogP contribution in [0.1, 0.15) is 38.3 Å². The number of hydrogen-bond donors (Lipinski definition) is 1. The molecule has 0 unspecified atom stereocenters. The lowest BCUT2D eigenvalue weighted by atomic mass is 10.0. The molecule has 0 radical (unpaired) electrons. The standard InChI is InChI=1S/C25H30N2O4/c1-5-30-21-10-7-6-9-20(21)26-23-22(19-13-11-18(4)12-14-19)24(28)27(25(23)29)15-8-16-31-17(2)3/h6-7,9-14,17,26H,5,8,15-16H2,1-4H3. The van der Waals surface area contributed by atoms with E-state index >= 15 is 0 Å². The molecule has 0 spiro atoms. The van der Waals surface area contributed by atoms with Crippen LogP contribution in [0.3, 0.4) is 0 Å². The molecule has 1 aliphatic rings. The fourth-order valence-corrected chi connectivity index (χ4v) is 3.41. The second-order valence-electron chi connectivity index (χ2n) is 7.71. The highest BCUT2D eigenvalue weighted by Gasteiger charge is 2.39. The van der Waals surface area contributed by atoms with Crippen LogP contribution in [-0.4, -0.2) is 42.6 Å². The van der Waals surface area contributed by atoms with Crippen molar-refractivity contribution in [2.45, 2.75) is 40.2 Å². The van der Waals surface area contributed by atoms with Crippen LogP contribution in [-0.2, 0) is 14.3 Å². The monoisotopic (exact) mass is 422 g/mol. The molecule has 6 heteroatoms. The largest absolute Gasteiger partial charge is 0.492 e. The molecule has 0 fully saturated rings. The van der Waals surface area contributed by atoms with E-state index in [4.69, 9.17) is 9.47 Å². The summed E-state index contributed by atoms with van der Waals surface area (Å²) < 4.78 is 11.3. The van der Waals surface area contributed by atoms with Crippen LogP contribution in [0.5, 0.6) is 5.75 Å². The van der Waals surface area contributed by atoms with Gasteiger partial charge in [-0.15, -0.1) is 0 Å². The molecule has 0 atom stereocenters. The van der Waals surface area contributed by atoms with E-state index in [0.29, 0.717) is 48.8 Å². The van der Waals surface area contributed by atoms with Gasteiger partial charge in [-0.05, 0) is 51.8 Å². The molecule has 2 amide bonds. The van der Waals surface area contributed by atoms with Gasteiger partial charge in [0.2, 0.25) is 0 Å². The number of aryl methyl sites for hydroxylation is 1. The Labute approximate surface area is 183 Å². The second-order valence-corrected chi connectivity index (χ2v) is 7.71. The molecule has 1 heterocycles. The first-order valence-electron chi connectivity index (χ1n) is 10.7. The summed E-state index contributed by atoms with van der Waals surface area (Å²) in [7, 11) is 0. The number of nitrogens with zero attached hydrogens (tertiary/aromatic N) is 1. The normalized spacial score (nSPS) is 14.0. The van der Waals surface area contributed by atoms with Gasteiger partial charge in [0.1, 0.15) is 11.4 Å². The van der Waals surface area contributed by atoms with E-state index in [1.807, 2.05) is 76.2 Å². The molecule has 0 aromatic heterocycles. The molecule has 3 rings (SSSR count). The fourth-order valence-electron chi connectivity index (χ4n) is 3.41. The molecule has 0 saturated carbocycles. The molecule has 0 bridgehead atoms. The number of carbonyl (C=O) groups excluding carboxylic acids is 2. The molecule has 2 aromatic carbocycles. The molecule has 31 heavy (non-hydrogen) atoms. The predicted octanol–water partition coefficient (Wildman–Crippen LogP) is 4.40. The molecule has 1 aliphatic heterocycles. The van der Waals surface area contributed by atoms with Crippen molar-refractivity contribution in [2.24, 2.45) is 0 Å². The highest BCUT2D eigenvalue weighted by molar-refractivity contribution is 6.36. The van der Waals surface area contributed by atoms with Gasteiger partial charge in [0.25, 0.3) is 11.8 Å². The van der Waals surface area contributed by atoms with Crippen LogP contribution < -0.4 is 10.1 Å². The molecular weight excluding hydrogens is 392 g/mol. The number of carbonyl (C=O) groups is 2. The van der Waals surface area contributed by atoms with Crippen molar-refractivity contribution >= 4 is 23.1 Å². The molecule has 1 N–H and O–H groups in total. The van der Waals surface area contributed by atoms with E-state index in [9.17, 15) is 9.59 Å². The van der Waals surface area contributed by atoms with Crippen molar-refractivity contribution in [3.05, 3.63) is 65.4 Å². The average molecular weight is 423 g/mol. The summed E-state index contributed by atoms with van der Waals surface area (Å²) in [5, 5.41) is 3.19. The van der Waals surface area contributed by atoms with Gasteiger partial charge in [0, 0.05) is 13.2 Å². The molecule has 2 aromatic rings. The quantitative estimate of drug-likeness (QED) is 0.454. The fraction of sp³-hybridized carbons (Fsp3) is 0.360. The number of amides is 2. The zero-order chi connectivity index (χ0) is 22.4. The summed E-state index contributed by atoms with van der Waals surface area (Å²) in [5.41, 5.74) is 3.09. The molecule has 0 saturated heterocycles. The molecular formula is C25H30N2O4. The topological polar surface area (TPSA) is 67.9 Å². The summed E-state index contributed by atoms with van der Waals surface area (Å²) in [6, 6.07) is 15.0. The third kappa shape index (κ3) is 5.33. The van der Waals surface area contributed by atoms with Gasteiger partial charge in [-0.3, -0.25) is 14.5 Å². The SMILES string of the molecule is CCOc1ccccc1NC1=C(c2ccc(C)cc2)C(=O)N(CCCOC(C)C)C1=O. The highest BCUT2D eigenvalue weighted by Crippen LogP contribution is 2.33. The van der Waals surface area contributed by atoms with Crippen LogP contribution in [0.2, 0.25) is 0 Å². The number of ether oxygens (including phenoxy) is 2. The van der Waals surface area contributed by atoms with E-state index in [0.717, 1.165) is 5.56 Å².